The Balaban J connectivity index is 1.68. The van der Waals surface area contributed by atoms with Gasteiger partial charge in [0.25, 0.3) is 5.91 Å². The van der Waals surface area contributed by atoms with Gasteiger partial charge in [0.15, 0.2) is 0 Å². The van der Waals surface area contributed by atoms with Gasteiger partial charge in [-0.2, -0.15) is 0 Å². The van der Waals surface area contributed by atoms with Crippen molar-refractivity contribution < 1.29 is 14.3 Å². The topological polar surface area (TPSA) is 76.6 Å². The lowest BCUT2D eigenvalue weighted by molar-refractivity contribution is 0.0154. The first-order valence-corrected chi connectivity index (χ1v) is 8.29. The fourth-order valence-corrected chi connectivity index (χ4v) is 2.81. The van der Waals surface area contributed by atoms with E-state index in [0.29, 0.717) is 31.2 Å². The van der Waals surface area contributed by atoms with Crippen LogP contribution in [0.4, 0.5) is 0 Å². The number of amides is 1. The maximum atomic E-state index is 12.4. The third kappa shape index (κ3) is 4.52. The standard InChI is InChI=1S/C18H22N4O3/c1-24-17-6-5-14(12-20-17)18(23)21-13-16(15-4-2-3-7-19-15)22-8-10-25-11-9-22/h2-7,12,16H,8-11,13H2,1H3,(H,21,23)/t16-/m0/s1. The number of aromatic nitrogens is 2. The number of methoxy groups -OCH3 is 1. The molecule has 1 atom stereocenters. The van der Waals surface area contributed by atoms with Gasteiger partial charge >= 0.3 is 0 Å². The summed E-state index contributed by atoms with van der Waals surface area (Å²) in [6.07, 6.45) is 3.29. The van der Waals surface area contributed by atoms with Crippen molar-refractivity contribution in [2.75, 3.05) is 40.0 Å². The summed E-state index contributed by atoms with van der Waals surface area (Å²) in [4.78, 5) is 23.2. The highest BCUT2D eigenvalue weighted by Gasteiger charge is 2.24. The molecule has 0 radical (unpaired) electrons. The molecule has 1 fully saturated rings. The highest BCUT2D eigenvalue weighted by molar-refractivity contribution is 5.93. The van der Waals surface area contributed by atoms with Crippen molar-refractivity contribution in [1.82, 2.24) is 20.2 Å². The molecule has 2 aromatic heterocycles. The van der Waals surface area contributed by atoms with Crippen LogP contribution < -0.4 is 10.1 Å². The van der Waals surface area contributed by atoms with Gasteiger partial charge in [0.05, 0.1) is 37.6 Å². The van der Waals surface area contributed by atoms with Crippen molar-refractivity contribution in [1.29, 1.82) is 0 Å². The normalized spacial score (nSPS) is 16.2. The molecule has 1 N–H and O–H groups in total. The number of pyridine rings is 2. The first-order valence-electron chi connectivity index (χ1n) is 8.29. The summed E-state index contributed by atoms with van der Waals surface area (Å²) in [6, 6.07) is 9.23. The number of carbonyl (C=O) groups excluding carboxylic acids is 1. The average molecular weight is 342 g/mol. The minimum absolute atomic E-state index is 0.0141. The predicted octanol–water partition coefficient (Wildman–Crippen LogP) is 1.29. The van der Waals surface area contributed by atoms with Crippen LogP contribution in [-0.4, -0.2) is 60.7 Å². The number of morpholine rings is 1. The number of hydrogen-bond donors (Lipinski definition) is 1. The molecule has 0 saturated carbocycles. The van der Waals surface area contributed by atoms with Crippen molar-refractivity contribution in [2.24, 2.45) is 0 Å². The van der Waals surface area contributed by atoms with Gasteiger partial charge in [-0.25, -0.2) is 4.98 Å². The zero-order valence-corrected chi connectivity index (χ0v) is 14.2. The number of rotatable bonds is 6. The molecular formula is C18H22N4O3. The molecule has 1 aliphatic heterocycles. The molecule has 1 amide bonds. The Morgan fingerprint density at radius 2 is 2.12 bits per heavy atom. The van der Waals surface area contributed by atoms with Gasteiger partial charge in [0, 0.05) is 38.1 Å². The van der Waals surface area contributed by atoms with Gasteiger partial charge in [-0.15, -0.1) is 0 Å². The fourth-order valence-electron chi connectivity index (χ4n) is 2.81. The van der Waals surface area contributed by atoms with Gasteiger partial charge in [-0.3, -0.25) is 14.7 Å². The lowest BCUT2D eigenvalue weighted by Crippen LogP contribution is -2.44. The molecule has 132 valence electrons. The van der Waals surface area contributed by atoms with Gasteiger partial charge in [0.2, 0.25) is 5.88 Å². The Kier molecular flexibility index (Phi) is 5.92. The molecule has 2 aromatic rings. The molecule has 3 rings (SSSR count). The van der Waals surface area contributed by atoms with E-state index in [0.717, 1.165) is 18.8 Å². The lowest BCUT2D eigenvalue weighted by atomic mass is 10.1. The lowest BCUT2D eigenvalue weighted by Gasteiger charge is -2.34. The zero-order valence-electron chi connectivity index (χ0n) is 14.2. The van der Waals surface area contributed by atoms with Crippen LogP contribution in [0.3, 0.4) is 0 Å². The van der Waals surface area contributed by atoms with E-state index < -0.39 is 0 Å². The molecule has 7 heteroatoms. The summed E-state index contributed by atoms with van der Waals surface area (Å²) in [5, 5.41) is 2.99. The Morgan fingerprint density at radius 1 is 1.28 bits per heavy atom. The smallest absolute Gasteiger partial charge is 0.252 e. The third-order valence-corrected chi connectivity index (χ3v) is 4.18. The van der Waals surface area contributed by atoms with Crippen LogP contribution >= 0.6 is 0 Å². The Labute approximate surface area is 147 Å². The van der Waals surface area contributed by atoms with Crippen molar-refractivity contribution >= 4 is 5.91 Å². The molecule has 1 saturated heterocycles. The molecule has 0 aromatic carbocycles. The second-order valence-electron chi connectivity index (χ2n) is 5.72. The van der Waals surface area contributed by atoms with Crippen LogP contribution in [0.25, 0.3) is 0 Å². The summed E-state index contributed by atoms with van der Waals surface area (Å²) in [7, 11) is 1.54. The van der Waals surface area contributed by atoms with E-state index in [4.69, 9.17) is 9.47 Å². The van der Waals surface area contributed by atoms with E-state index in [1.165, 1.54) is 6.20 Å². The Hall–Kier alpha value is -2.51. The van der Waals surface area contributed by atoms with Crippen LogP contribution in [0.5, 0.6) is 5.88 Å². The highest BCUT2D eigenvalue weighted by Crippen LogP contribution is 2.19. The van der Waals surface area contributed by atoms with Crippen molar-refractivity contribution in [3.8, 4) is 5.88 Å². The highest BCUT2D eigenvalue weighted by atomic mass is 16.5. The monoisotopic (exact) mass is 342 g/mol. The number of nitrogens with one attached hydrogen (secondary N) is 1. The van der Waals surface area contributed by atoms with Crippen LogP contribution in [0.2, 0.25) is 0 Å². The minimum Gasteiger partial charge on any atom is -0.481 e. The molecule has 0 spiro atoms. The van der Waals surface area contributed by atoms with E-state index in [1.807, 2.05) is 18.2 Å². The molecular weight excluding hydrogens is 320 g/mol. The van der Waals surface area contributed by atoms with Crippen LogP contribution in [0.1, 0.15) is 22.1 Å². The van der Waals surface area contributed by atoms with Crippen molar-refractivity contribution in [3.05, 3.63) is 54.0 Å². The van der Waals surface area contributed by atoms with Crippen molar-refractivity contribution in [3.63, 3.8) is 0 Å². The van der Waals surface area contributed by atoms with Crippen LogP contribution in [0.15, 0.2) is 42.7 Å². The summed E-state index contributed by atoms with van der Waals surface area (Å²) in [6.45, 7) is 3.50. The number of carbonyl (C=O) groups is 1. The maximum Gasteiger partial charge on any atom is 0.252 e. The quantitative estimate of drug-likeness (QED) is 0.852. The second-order valence-corrected chi connectivity index (χ2v) is 5.72. The SMILES string of the molecule is COc1ccc(C(=O)NC[C@@H](c2ccccn2)N2CCOCC2)cn1. The van der Waals surface area contributed by atoms with Gasteiger partial charge in [-0.1, -0.05) is 6.07 Å². The molecule has 25 heavy (non-hydrogen) atoms. The average Bonchev–Trinajstić information content (AvgIpc) is 2.70. The van der Waals surface area contributed by atoms with Crippen molar-refractivity contribution in [2.45, 2.75) is 6.04 Å². The second kappa shape index (κ2) is 8.55. The molecule has 0 unspecified atom stereocenters. The number of hydrogen-bond acceptors (Lipinski definition) is 6. The molecule has 1 aliphatic rings. The van der Waals surface area contributed by atoms with Crippen LogP contribution in [0, 0.1) is 0 Å². The summed E-state index contributed by atoms with van der Waals surface area (Å²) >= 11 is 0. The van der Waals surface area contributed by atoms with Gasteiger partial charge < -0.3 is 14.8 Å². The van der Waals surface area contributed by atoms with Gasteiger partial charge in [0.1, 0.15) is 0 Å². The first kappa shape index (κ1) is 17.3. The zero-order chi connectivity index (χ0) is 17.5. The largest absolute Gasteiger partial charge is 0.481 e. The van der Waals surface area contributed by atoms with E-state index in [2.05, 4.69) is 20.2 Å². The van der Waals surface area contributed by atoms with E-state index in [9.17, 15) is 4.79 Å². The molecule has 3 heterocycles. The maximum absolute atomic E-state index is 12.4. The molecule has 7 nitrogen and oxygen atoms in total. The Bertz CT molecular complexity index is 672. The first-order chi connectivity index (χ1) is 12.3. The van der Waals surface area contributed by atoms with E-state index in [-0.39, 0.29) is 11.9 Å². The summed E-state index contributed by atoms with van der Waals surface area (Å²) < 4.78 is 10.4. The third-order valence-electron chi connectivity index (χ3n) is 4.18. The van der Waals surface area contributed by atoms with E-state index in [1.54, 1.807) is 25.4 Å². The summed E-state index contributed by atoms with van der Waals surface area (Å²) in [5.41, 5.74) is 1.44. The molecule has 0 bridgehead atoms. The fraction of sp³-hybridized carbons (Fsp3) is 0.389. The van der Waals surface area contributed by atoms with E-state index >= 15 is 0 Å². The summed E-state index contributed by atoms with van der Waals surface area (Å²) in [5.74, 6) is 0.320. The minimum atomic E-state index is -0.163. The predicted molar refractivity (Wildman–Crippen MR) is 92.5 cm³/mol. The number of nitrogens with zero attached hydrogens (tertiary/aromatic N) is 3. The number of ether oxygens (including phenoxy) is 2. The Morgan fingerprint density at radius 3 is 2.76 bits per heavy atom. The van der Waals surface area contributed by atoms with Crippen LogP contribution in [-0.2, 0) is 4.74 Å². The molecule has 0 aliphatic carbocycles. The van der Waals surface area contributed by atoms with Gasteiger partial charge in [-0.05, 0) is 18.2 Å².